The highest BCUT2D eigenvalue weighted by atomic mass is 32.1. The Morgan fingerprint density at radius 2 is 2.20 bits per heavy atom. The Hall–Kier alpha value is -1.37. The van der Waals surface area contributed by atoms with Gasteiger partial charge in [0.1, 0.15) is 0 Å². The molecule has 7 heteroatoms. The van der Waals surface area contributed by atoms with Crippen molar-refractivity contribution in [3.8, 4) is 0 Å². The van der Waals surface area contributed by atoms with E-state index in [4.69, 9.17) is 11.5 Å². The van der Waals surface area contributed by atoms with Crippen LogP contribution in [0, 0.1) is 10.1 Å². The van der Waals surface area contributed by atoms with Crippen molar-refractivity contribution >= 4 is 27.3 Å². The maximum Gasteiger partial charge on any atom is 0.427 e. The van der Waals surface area contributed by atoms with Crippen LogP contribution in [0.4, 0.5) is 16.0 Å². The number of thiazole rings is 1. The molecule has 1 aromatic rings. The number of rotatable bonds is 1. The predicted molar refractivity (Wildman–Crippen MR) is 37.6 cm³/mol. The third-order valence-corrected chi connectivity index (χ3v) is 1.68. The largest absolute Gasteiger partial charge is 0.427 e. The van der Waals surface area contributed by atoms with Crippen LogP contribution in [-0.2, 0) is 0 Å². The van der Waals surface area contributed by atoms with Crippen molar-refractivity contribution in [2.75, 3.05) is 11.5 Å². The number of nitro groups is 1. The molecule has 0 atom stereocenters. The summed E-state index contributed by atoms with van der Waals surface area (Å²) in [5, 5.41) is 9.93. The van der Waals surface area contributed by atoms with Gasteiger partial charge in [0.15, 0.2) is 5.00 Å². The van der Waals surface area contributed by atoms with E-state index in [0.717, 1.165) is 11.3 Å². The van der Waals surface area contributed by atoms with Crippen LogP contribution in [0.3, 0.4) is 0 Å². The average molecular weight is 160 g/mol. The lowest BCUT2D eigenvalue weighted by Crippen LogP contribution is -1.90. The van der Waals surface area contributed by atoms with Gasteiger partial charge in [-0.05, 0) is 21.2 Å². The molecule has 6 nitrogen and oxygen atoms in total. The number of hydrogen-bond acceptors (Lipinski definition) is 6. The highest BCUT2D eigenvalue weighted by Gasteiger charge is 2.15. The van der Waals surface area contributed by atoms with E-state index in [1.54, 1.807) is 0 Å². The molecular weight excluding hydrogens is 156 g/mol. The monoisotopic (exact) mass is 160 g/mol. The summed E-state index contributed by atoms with van der Waals surface area (Å²) >= 11 is 0.765. The molecule has 4 N–H and O–H groups in total. The number of nitrogens with zero attached hydrogens (tertiary/aromatic N) is 2. The summed E-state index contributed by atoms with van der Waals surface area (Å²) in [6, 6.07) is 0. The van der Waals surface area contributed by atoms with Gasteiger partial charge in [-0.1, -0.05) is 0 Å². The van der Waals surface area contributed by atoms with Gasteiger partial charge < -0.3 is 21.6 Å². The van der Waals surface area contributed by atoms with E-state index in [9.17, 15) is 10.1 Å². The molecule has 0 fully saturated rings. The quantitative estimate of drug-likeness (QED) is 0.451. The minimum absolute atomic E-state index is 0.0247. The molecule has 0 spiro atoms. The van der Waals surface area contributed by atoms with Crippen LogP contribution in [-0.4, -0.2) is 9.91 Å². The Kier molecular flexibility index (Phi) is 1.42. The fraction of sp³-hybridized carbons (Fsp3) is 0. The van der Waals surface area contributed by atoms with E-state index < -0.39 is 4.92 Å². The number of nitrogen functional groups attached to an aromatic ring is 2. The molecule has 54 valence electrons. The van der Waals surface area contributed by atoms with E-state index in [1.807, 2.05) is 0 Å². The van der Waals surface area contributed by atoms with Gasteiger partial charge in [0.05, 0.1) is 0 Å². The summed E-state index contributed by atoms with van der Waals surface area (Å²) in [7, 11) is 0. The SMILES string of the molecule is Nc1nc([N+](=O)[O-])sc1N. The van der Waals surface area contributed by atoms with E-state index in [1.165, 1.54) is 0 Å². The molecule has 0 radical (unpaired) electrons. The van der Waals surface area contributed by atoms with Crippen molar-refractivity contribution in [3.05, 3.63) is 10.1 Å². The van der Waals surface area contributed by atoms with Crippen LogP contribution in [0.2, 0.25) is 0 Å². The van der Waals surface area contributed by atoms with Crippen molar-refractivity contribution in [2.24, 2.45) is 0 Å². The lowest BCUT2D eigenvalue weighted by Gasteiger charge is -1.80. The molecule has 1 aromatic heterocycles. The first-order chi connectivity index (χ1) is 4.61. The van der Waals surface area contributed by atoms with Gasteiger partial charge in [-0.25, -0.2) is 0 Å². The zero-order valence-corrected chi connectivity index (χ0v) is 5.59. The molecular formula is C3H4N4O2S. The normalized spacial score (nSPS) is 9.60. The molecule has 1 heterocycles. The van der Waals surface area contributed by atoms with Gasteiger partial charge in [-0.2, -0.15) is 0 Å². The molecule has 0 aliphatic rings. The molecule has 0 aliphatic carbocycles. The van der Waals surface area contributed by atoms with E-state index in [-0.39, 0.29) is 16.0 Å². The van der Waals surface area contributed by atoms with Gasteiger partial charge in [0, 0.05) is 0 Å². The molecule has 0 aliphatic heterocycles. The standard InChI is InChI=1S/C3H4N4O2S/c4-1-2(5)10-3(6-1)7(8)9/h4-5H2. The Balaban J connectivity index is 3.10. The van der Waals surface area contributed by atoms with Crippen LogP contribution < -0.4 is 11.5 Å². The minimum atomic E-state index is -0.628. The zero-order valence-electron chi connectivity index (χ0n) is 4.77. The predicted octanol–water partition coefficient (Wildman–Crippen LogP) is 0.216. The van der Waals surface area contributed by atoms with Crippen molar-refractivity contribution in [2.45, 2.75) is 0 Å². The Bertz CT molecular complexity index is 250. The molecule has 0 saturated carbocycles. The summed E-state index contributed by atoms with van der Waals surface area (Å²) in [5.41, 5.74) is 10.4. The number of aromatic nitrogens is 1. The summed E-state index contributed by atoms with van der Waals surface area (Å²) in [6.07, 6.45) is 0. The second-order valence-electron chi connectivity index (χ2n) is 1.50. The smallest absolute Gasteiger partial charge is 0.385 e. The van der Waals surface area contributed by atoms with Crippen LogP contribution in [0.5, 0.6) is 0 Å². The second kappa shape index (κ2) is 2.10. The number of hydrogen-bond donors (Lipinski definition) is 2. The van der Waals surface area contributed by atoms with Crippen LogP contribution >= 0.6 is 11.3 Å². The van der Waals surface area contributed by atoms with Crippen molar-refractivity contribution in [1.29, 1.82) is 0 Å². The summed E-state index contributed by atoms with van der Waals surface area (Å²) in [5.74, 6) is 0.0247. The maximum absolute atomic E-state index is 10.0. The van der Waals surface area contributed by atoms with Crippen molar-refractivity contribution in [3.63, 3.8) is 0 Å². The third kappa shape index (κ3) is 0.982. The minimum Gasteiger partial charge on any atom is -0.385 e. The molecule has 0 aromatic carbocycles. The fourth-order valence-electron chi connectivity index (χ4n) is 0.410. The Labute approximate surface area is 59.6 Å². The first kappa shape index (κ1) is 6.75. The first-order valence-corrected chi connectivity index (χ1v) is 3.09. The van der Waals surface area contributed by atoms with Crippen molar-refractivity contribution in [1.82, 2.24) is 4.98 Å². The average Bonchev–Trinajstić information content (AvgIpc) is 2.13. The summed E-state index contributed by atoms with van der Waals surface area (Å²) < 4.78 is 0. The molecule has 0 unspecified atom stereocenters. The number of nitrogens with two attached hydrogens (primary N) is 2. The molecule has 10 heavy (non-hydrogen) atoms. The lowest BCUT2D eigenvalue weighted by molar-refractivity contribution is -0.384. The molecule has 0 amide bonds. The zero-order chi connectivity index (χ0) is 7.72. The third-order valence-electron chi connectivity index (χ3n) is 0.826. The van der Waals surface area contributed by atoms with Crippen LogP contribution in [0.15, 0.2) is 0 Å². The van der Waals surface area contributed by atoms with E-state index in [2.05, 4.69) is 4.98 Å². The van der Waals surface area contributed by atoms with Crippen LogP contribution in [0.25, 0.3) is 0 Å². The number of anilines is 2. The molecule has 0 bridgehead atoms. The van der Waals surface area contributed by atoms with Crippen molar-refractivity contribution < 1.29 is 4.92 Å². The fourth-order valence-corrected chi connectivity index (χ4v) is 0.975. The Morgan fingerprint density at radius 3 is 2.40 bits per heavy atom. The maximum atomic E-state index is 10.0. The summed E-state index contributed by atoms with van der Waals surface area (Å²) in [4.78, 5) is 12.8. The van der Waals surface area contributed by atoms with Gasteiger partial charge in [0.25, 0.3) is 5.82 Å². The van der Waals surface area contributed by atoms with Gasteiger partial charge in [-0.3, -0.25) is 0 Å². The van der Waals surface area contributed by atoms with Crippen LogP contribution in [0.1, 0.15) is 0 Å². The summed E-state index contributed by atoms with van der Waals surface area (Å²) in [6.45, 7) is 0. The van der Waals surface area contributed by atoms with E-state index >= 15 is 0 Å². The molecule has 0 saturated heterocycles. The highest BCUT2D eigenvalue weighted by Crippen LogP contribution is 2.28. The van der Waals surface area contributed by atoms with Gasteiger partial charge >= 0.3 is 5.13 Å². The molecule has 1 rings (SSSR count). The van der Waals surface area contributed by atoms with E-state index in [0.29, 0.717) is 0 Å². The van der Waals surface area contributed by atoms with Gasteiger partial charge in [0.2, 0.25) is 0 Å². The highest BCUT2D eigenvalue weighted by molar-refractivity contribution is 7.19. The topological polar surface area (TPSA) is 108 Å². The second-order valence-corrected chi connectivity index (χ2v) is 2.51. The van der Waals surface area contributed by atoms with Gasteiger partial charge in [-0.15, -0.1) is 0 Å². The first-order valence-electron chi connectivity index (χ1n) is 2.27. The lowest BCUT2D eigenvalue weighted by atomic mass is 10.7. The Morgan fingerprint density at radius 1 is 1.60 bits per heavy atom.